The number of carbonyl (C=O) groups is 1. The van der Waals surface area contributed by atoms with Crippen LogP contribution in [0.15, 0.2) is 53.5 Å². The number of halogens is 1. The van der Waals surface area contributed by atoms with E-state index in [9.17, 15) is 9.59 Å². The van der Waals surface area contributed by atoms with Gasteiger partial charge >= 0.3 is 5.69 Å². The van der Waals surface area contributed by atoms with Gasteiger partial charge in [-0.25, -0.2) is 9.48 Å². The van der Waals surface area contributed by atoms with Crippen molar-refractivity contribution in [3.63, 3.8) is 0 Å². The molecule has 0 fully saturated rings. The van der Waals surface area contributed by atoms with Gasteiger partial charge < -0.3 is 5.32 Å². The van der Waals surface area contributed by atoms with E-state index in [0.29, 0.717) is 17.2 Å². The fourth-order valence-electron chi connectivity index (χ4n) is 2.25. The number of hydrogen-bond donors (Lipinski definition) is 1. The standard InChI is InChI=1S/C16H15ClN4O2/c17-13-6-2-1-5-12(13)11-18-15(22)8-10-21-16(23)20-9-4-3-7-14(20)19-21/h1-7,9H,8,10-11H2,(H,18,22). The van der Waals surface area contributed by atoms with Gasteiger partial charge in [0.1, 0.15) is 0 Å². The predicted molar refractivity (Wildman–Crippen MR) is 87.4 cm³/mol. The maximum Gasteiger partial charge on any atom is 0.350 e. The monoisotopic (exact) mass is 330 g/mol. The molecule has 1 N–H and O–H groups in total. The molecule has 7 heteroatoms. The minimum Gasteiger partial charge on any atom is -0.352 e. The molecule has 0 radical (unpaired) electrons. The van der Waals surface area contributed by atoms with Gasteiger partial charge in [-0.2, -0.15) is 0 Å². The first-order chi connectivity index (χ1) is 11.1. The Balaban J connectivity index is 1.59. The van der Waals surface area contributed by atoms with E-state index in [-0.39, 0.29) is 24.6 Å². The zero-order valence-corrected chi connectivity index (χ0v) is 13.0. The average Bonchev–Trinajstić information content (AvgIpc) is 2.89. The third-order valence-electron chi connectivity index (χ3n) is 3.47. The van der Waals surface area contributed by atoms with E-state index in [0.717, 1.165) is 5.56 Å². The molecule has 0 spiro atoms. The molecule has 0 aliphatic rings. The number of rotatable bonds is 5. The van der Waals surface area contributed by atoms with Gasteiger partial charge in [0.05, 0.1) is 6.54 Å². The van der Waals surface area contributed by atoms with Crippen LogP contribution < -0.4 is 11.0 Å². The molecular weight excluding hydrogens is 316 g/mol. The number of amides is 1. The van der Waals surface area contributed by atoms with Crippen LogP contribution in [-0.2, 0) is 17.9 Å². The fourth-order valence-corrected chi connectivity index (χ4v) is 2.45. The second-order valence-electron chi connectivity index (χ2n) is 5.05. The van der Waals surface area contributed by atoms with Crippen LogP contribution in [0.25, 0.3) is 5.65 Å². The summed E-state index contributed by atoms with van der Waals surface area (Å²) in [5.41, 5.74) is 1.17. The highest BCUT2D eigenvalue weighted by atomic mass is 35.5. The Morgan fingerprint density at radius 1 is 1.17 bits per heavy atom. The topological polar surface area (TPSA) is 68.4 Å². The van der Waals surface area contributed by atoms with E-state index in [1.807, 2.05) is 24.3 Å². The van der Waals surface area contributed by atoms with E-state index in [2.05, 4.69) is 10.4 Å². The maximum absolute atomic E-state index is 12.1. The van der Waals surface area contributed by atoms with E-state index in [1.165, 1.54) is 9.08 Å². The van der Waals surface area contributed by atoms with Gasteiger partial charge in [-0.05, 0) is 23.8 Å². The molecule has 0 unspecified atom stereocenters. The summed E-state index contributed by atoms with van der Waals surface area (Å²) in [6.45, 7) is 0.591. The van der Waals surface area contributed by atoms with Crippen molar-refractivity contribution < 1.29 is 4.79 Å². The number of fused-ring (bicyclic) bond motifs is 1. The van der Waals surface area contributed by atoms with Crippen molar-refractivity contribution in [3.8, 4) is 0 Å². The van der Waals surface area contributed by atoms with Gasteiger partial charge in [-0.15, -0.1) is 5.10 Å². The van der Waals surface area contributed by atoms with Crippen LogP contribution >= 0.6 is 11.6 Å². The Bertz CT molecular complexity index is 900. The molecule has 0 atom stereocenters. The van der Waals surface area contributed by atoms with Crippen LogP contribution in [0.1, 0.15) is 12.0 Å². The molecule has 1 aromatic carbocycles. The first-order valence-electron chi connectivity index (χ1n) is 7.19. The van der Waals surface area contributed by atoms with Gasteiger partial charge in [0.2, 0.25) is 5.91 Å². The molecule has 0 bridgehead atoms. The molecular formula is C16H15ClN4O2. The molecule has 0 aliphatic heterocycles. The summed E-state index contributed by atoms with van der Waals surface area (Å²) in [5, 5.41) is 7.59. The smallest absolute Gasteiger partial charge is 0.350 e. The lowest BCUT2D eigenvalue weighted by molar-refractivity contribution is -0.121. The van der Waals surface area contributed by atoms with Crippen molar-refractivity contribution in [3.05, 3.63) is 69.7 Å². The number of hydrogen-bond acceptors (Lipinski definition) is 3. The van der Waals surface area contributed by atoms with E-state index < -0.39 is 0 Å². The Hall–Kier alpha value is -2.60. The summed E-state index contributed by atoms with van der Waals surface area (Å²) in [6, 6.07) is 12.6. The van der Waals surface area contributed by atoms with E-state index >= 15 is 0 Å². The molecule has 2 heterocycles. The van der Waals surface area contributed by atoms with Gasteiger partial charge in [0.15, 0.2) is 5.65 Å². The van der Waals surface area contributed by atoms with Gasteiger partial charge in [-0.3, -0.25) is 9.20 Å². The van der Waals surface area contributed by atoms with Crippen LogP contribution in [-0.4, -0.2) is 20.1 Å². The number of carbonyl (C=O) groups excluding carboxylic acids is 1. The normalized spacial score (nSPS) is 10.8. The highest BCUT2D eigenvalue weighted by Crippen LogP contribution is 2.14. The zero-order chi connectivity index (χ0) is 16.2. The molecule has 1 amide bonds. The molecule has 0 saturated heterocycles. The van der Waals surface area contributed by atoms with Crippen LogP contribution in [0.2, 0.25) is 5.02 Å². The van der Waals surface area contributed by atoms with Crippen molar-refractivity contribution in [2.45, 2.75) is 19.5 Å². The minimum atomic E-state index is -0.250. The van der Waals surface area contributed by atoms with Crippen LogP contribution in [0.3, 0.4) is 0 Å². The van der Waals surface area contributed by atoms with E-state index in [1.54, 1.807) is 24.4 Å². The number of nitrogens with one attached hydrogen (secondary N) is 1. The van der Waals surface area contributed by atoms with Crippen molar-refractivity contribution in [2.75, 3.05) is 0 Å². The lowest BCUT2D eigenvalue weighted by atomic mass is 10.2. The summed E-state index contributed by atoms with van der Waals surface area (Å²) in [5.74, 6) is -0.158. The third-order valence-corrected chi connectivity index (χ3v) is 3.84. The SMILES string of the molecule is O=C(CCn1nc2ccccn2c1=O)NCc1ccccc1Cl. The molecule has 2 aromatic heterocycles. The quantitative estimate of drug-likeness (QED) is 0.776. The number of pyridine rings is 1. The Morgan fingerprint density at radius 3 is 2.74 bits per heavy atom. The van der Waals surface area contributed by atoms with Crippen molar-refractivity contribution in [1.29, 1.82) is 0 Å². The van der Waals surface area contributed by atoms with Crippen LogP contribution in [0.4, 0.5) is 0 Å². The second kappa shape index (κ2) is 6.66. The molecule has 23 heavy (non-hydrogen) atoms. The molecule has 0 saturated carbocycles. The molecule has 6 nitrogen and oxygen atoms in total. The second-order valence-corrected chi connectivity index (χ2v) is 5.46. The first kappa shape index (κ1) is 15.3. The van der Waals surface area contributed by atoms with Gasteiger partial charge in [0, 0.05) is 24.2 Å². The number of aromatic nitrogens is 3. The largest absolute Gasteiger partial charge is 0.352 e. The third kappa shape index (κ3) is 3.43. The number of nitrogens with zero attached hydrogens (tertiary/aromatic N) is 3. The highest BCUT2D eigenvalue weighted by Gasteiger charge is 2.08. The van der Waals surface area contributed by atoms with Gasteiger partial charge in [-0.1, -0.05) is 35.9 Å². The Morgan fingerprint density at radius 2 is 1.96 bits per heavy atom. The lowest BCUT2D eigenvalue weighted by Crippen LogP contribution is -2.27. The van der Waals surface area contributed by atoms with Crippen LogP contribution in [0, 0.1) is 0 Å². The summed E-state index contributed by atoms with van der Waals surface area (Å²) >= 11 is 6.04. The molecule has 0 aliphatic carbocycles. The maximum atomic E-state index is 12.1. The molecule has 118 valence electrons. The van der Waals surface area contributed by atoms with Crippen molar-refractivity contribution in [1.82, 2.24) is 19.5 Å². The van der Waals surface area contributed by atoms with Crippen molar-refractivity contribution in [2.24, 2.45) is 0 Å². The highest BCUT2D eigenvalue weighted by molar-refractivity contribution is 6.31. The Kier molecular flexibility index (Phi) is 4.43. The first-order valence-corrected chi connectivity index (χ1v) is 7.57. The number of benzene rings is 1. The fraction of sp³-hybridized carbons (Fsp3) is 0.188. The number of aryl methyl sites for hydroxylation is 1. The van der Waals surface area contributed by atoms with Gasteiger partial charge in [0.25, 0.3) is 0 Å². The summed E-state index contributed by atoms with van der Waals surface area (Å²) < 4.78 is 2.74. The molecule has 3 rings (SSSR count). The zero-order valence-electron chi connectivity index (χ0n) is 12.3. The average molecular weight is 331 g/mol. The summed E-state index contributed by atoms with van der Waals surface area (Å²) in [7, 11) is 0. The van der Waals surface area contributed by atoms with Crippen LogP contribution in [0.5, 0.6) is 0 Å². The van der Waals surface area contributed by atoms with Crippen molar-refractivity contribution >= 4 is 23.2 Å². The van der Waals surface area contributed by atoms with E-state index in [4.69, 9.17) is 11.6 Å². The summed E-state index contributed by atoms with van der Waals surface area (Å²) in [4.78, 5) is 24.0. The Labute approximate surface area is 137 Å². The lowest BCUT2D eigenvalue weighted by Gasteiger charge is -2.06. The predicted octanol–water partition coefficient (Wildman–Crippen LogP) is 1.86. The minimum absolute atomic E-state index is 0.158. The summed E-state index contributed by atoms with van der Waals surface area (Å²) in [6.07, 6.45) is 1.83. The molecule has 3 aromatic rings.